The molecule has 3 rings (SSSR count). The topological polar surface area (TPSA) is 95.1 Å². The molecule has 2 fully saturated rings. The van der Waals surface area contributed by atoms with E-state index in [4.69, 9.17) is 0 Å². The second-order valence-corrected chi connectivity index (χ2v) is 12.2. The van der Waals surface area contributed by atoms with Gasteiger partial charge in [-0.3, -0.25) is 9.69 Å². The van der Waals surface area contributed by atoms with Crippen LogP contribution in [-0.4, -0.2) is 93.7 Å². The molecule has 0 N–H and O–H groups in total. The Morgan fingerprint density at radius 1 is 1.13 bits per heavy atom. The van der Waals surface area contributed by atoms with E-state index in [0.717, 1.165) is 12.0 Å². The maximum absolute atomic E-state index is 12.8. The largest absolute Gasteiger partial charge is 0.339 e. The summed E-state index contributed by atoms with van der Waals surface area (Å²) in [5, 5.41) is 0. The van der Waals surface area contributed by atoms with E-state index in [1.165, 1.54) is 4.31 Å². The molecule has 0 saturated carbocycles. The van der Waals surface area contributed by atoms with Crippen LogP contribution in [0.2, 0.25) is 0 Å². The van der Waals surface area contributed by atoms with Crippen molar-refractivity contribution >= 4 is 25.8 Å². The van der Waals surface area contributed by atoms with Gasteiger partial charge >= 0.3 is 0 Å². The second kappa shape index (κ2) is 9.76. The average Bonchev–Trinajstić information content (AvgIpc) is 3.08. The van der Waals surface area contributed by atoms with Crippen LogP contribution >= 0.6 is 0 Å². The van der Waals surface area contributed by atoms with Gasteiger partial charge in [-0.25, -0.2) is 16.8 Å². The van der Waals surface area contributed by atoms with Crippen LogP contribution in [-0.2, 0) is 30.4 Å². The number of nitrogens with zero attached hydrogens (tertiary/aromatic N) is 3. The average molecular weight is 458 g/mol. The van der Waals surface area contributed by atoms with E-state index in [1.54, 1.807) is 17.0 Å². The van der Waals surface area contributed by atoms with E-state index in [0.29, 0.717) is 26.1 Å². The molecule has 1 aromatic carbocycles. The summed E-state index contributed by atoms with van der Waals surface area (Å²) in [6.45, 7) is 4.16. The van der Waals surface area contributed by atoms with Crippen molar-refractivity contribution < 1.29 is 21.6 Å². The Morgan fingerprint density at radius 2 is 1.80 bits per heavy atom. The van der Waals surface area contributed by atoms with Crippen LogP contribution in [0.1, 0.15) is 25.3 Å². The number of benzene rings is 1. The van der Waals surface area contributed by atoms with Crippen LogP contribution in [0.25, 0.3) is 0 Å². The molecule has 168 valence electrons. The molecular weight excluding hydrogens is 426 g/mol. The Hall–Kier alpha value is -1.49. The van der Waals surface area contributed by atoms with E-state index in [2.05, 4.69) is 0 Å². The number of piperazine rings is 1. The third kappa shape index (κ3) is 6.03. The van der Waals surface area contributed by atoms with Crippen molar-refractivity contribution in [2.24, 2.45) is 0 Å². The van der Waals surface area contributed by atoms with Gasteiger partial charge in [-0.15, -0.1) is 0 Å². The fraction of sp³-hybridized carbons (Fsp3) is 0.650. The third-order valence-electron chi connectivity index (χ3n) is 5.75. The molecule has 1 unspecified atom stereocenters. The fourth-order valence-electron chi connectivity index (χ4n) is 4.11. The van der Waals surface area contributed by atoms with Gasteiger partial charge in [-0.05, 0) is 24.9 Å². The minimum atomic E-state index is -3.42. The maximum atomic E-state index is 12.8. The molecule has 2 heterocycles. The van der Waals surface area contributed by atoms with Crippen molar-refractivity contribution in [3.8, 4) is 0 Å². The highest BCUT2D eigenvalue weighted by Gasteiger charge is 2.34. The van der Waals surface area contributed by atoms with Gasteiger partial charge in [0.05, 0.1) is 23.8 Å². The van der Waals surface area contributed by atoms with Crippen LogP contribution in [0.15, 0.2) is 30.3 Å². The highest BCUT2D eigenvalue weighted by molar-refractivity contribution is 7.91. The van der Waals surface area contributed by atoms with Crippen molar-refractivity contribution in [2.45, 2.75) is 31.6 Å². The molecule has 0 aromatic heterocycles. The van der Waals surface area contributed by atoms with Crippen molar-refractivity contribution in [3.63, 3.8) is 0 Å². The Morgan fingerprint density at radius 3 is 2.37 bits per heavy atom. The fourth-order valence-corrected chi connectivity index (χ4v) is 7.38. The van der Waals surface area contributed by atoms with Crippen molar-refractivity contribution in [1.82, 2.24) is 14.1 Å². The van der Waals surface area contributed by atoms with Crippen molar-refractivity contribution in [2.75, 3.05) is 50.8 Å². The van der Waals surface area contributed by atoms with Gasteiger partial charge in [0.15, 0.2) is 9.84 Å². The standard InChI is InChI=1S/C20H31N3O5S2/c1-2-9-22(19-8-14-29(25,26)17-19)15-20(24)21-10-12-23(13-11-21)30(27,28)16-18-6-4-3-5-7-18/h3-7,19H,2,8-17H2,1H3. The summed E-state index contributed by atoms with van der Waals surface area (Å²) >= 11 is 0. The second-order valence-electron chi connectivity index (χ2n) is 8.05. The normalized spacial score (nSPS) is 22.5. The van der Waals surface area contributed by atoms with Gasteiger partial charge < -0.3 is 4.90 Å². The number of rotatable bonds is 8. The van der Waals surface area contributed by atoms with E-state index in [9.17, 15) is 21.6 Å². The molecule has 0 aliphatic carbocycles. The summed E-state index contributed by atoms with van der Waals surface area (Å²) in [5.74, 6) is 0.200. The molecule has 10 heteroatoms. The lowest BCUT2D eigenvalue weighted by Crippen LogP contribution is -2.53. The Labute approximate surface area is 179 Å². The Kier molecular flexibility index (Phi) is 7.54. The predicted octanol–water partition coefficient (Wildman–Crippen LogP) is 0.560. The smallest absolute Gasteiger partial charge is 0.236 e. The summed E-state index contributed by atoms with van der Waals surface area (Å²) in [6, 6.07) is 8.97. The number of hydrogen-bond acceptors (Lipinski definition) is 6. The van der Waals surface area contributed by atoms with E-state index >= 15 is 0 Å². The van der Waals surface area contributed by atoms with Gasteiger partial charge in [0.1, 0.15) is 0 Å². The quantitative estimate of drug-likeness (QED) is 0.566. The Bertz CT molecular complexity index is 926. The highest BCUT2D eigenvalue weighted by Crippen LogP contribution is 2.19. The van der Waals surface area contributed by atoms with Gasteiger partial charge in [-0.1, -0.05) is 37.3 Å². The summed E-state index contributed by atoms with van der Waals surface area (Å²) in [6.07, 6.45) is 1.41. The zero-order valence-electron chi connectivity index (χ0n) is 17.4. The molecule has 0 radical (unpaired) electrons. The lowest BCUT2D eigenvalue weighted by Gasteiger charge is -2.36. The van der Waals surface area contributed by atoms with Gasteiger partial charge in [0, 0.05) is 32.2 Å². The summed E-state index contributed by atoms with van der Waals surface area (Å²) in [4.78, 5) is 16.5. The van der Waals surface area contributed by atoms with E-state index < -0.39 is 19.9 Å². The molecule has 2 aliphatic heterocycles. The zero-order chi connectivity index (χ0) is 21.8. The summed E-state index contributed by atoms with van der Waals surface area (Å²) in [7, 11) is -6.43. The molecule has 2 saturated heterocycles. The molecule has 2 aliphatic rings. The van der Waals surface area contributed by atoms with Gasteiger partial charge in [0.25, 0.3) is 0 Å². The number of hydrogen-bond donors (Lipinski definition) is 0. The summed E-state index contributed by atoms with van der Waals surface area (Å²) in [5.41, 5.74) is 0.748. The predicted molar refractivity (Wildman–Crippen MR) is 116 cm³/mol. The molecule has 1 amide bonds. The molecule has 0 spiro atoms. The third-order valence-corrected chi connectivity index (χ3v) is 9.35. The first kappa shape index (κ1) is 23.2. The van der Waals surface area contributed by atoms with Crippen LogP contribution in [0.4, 0.5) is 0 Å². The van der Waals surface area contributed by atoms with Gasteiger partial charge in [0.2, 0.25) is 15.9 Å². The number of carbonyl (C=O) groups excluding carboxylic acids is 1. The van der Waals surface area contributed by atoms with Crippen LogP contribution in [0.3, 0.4) is 0 Å². The molecule has 0 bridgehead atoms. The molecule has 1 atom stereocenters. The molecule has 8 nitrogen and oxygen atoms in total. The lowest BCUT2D eigenvalue weighted by atomic mass is 10.2. The number of sulfone groups is 1. The maximum Gasteiger partial charge on any atom is 0.236 e. The number of carbonyl (C=O) groups is 1. The Balaban J connectivity index is 1.54. The minimum absolute atomic E-state index is 0.0395. The van der Waals surface area contributed by atoms with Crippen molar-refractivity contribution in [3.05, 3.63) is 35.9 Å². The molecule has 30 heavy (non-hydrogen) atoms. The summed E-state index contributed by atoms with van der Waals surface area (Å²) < 4.78 is 50.5. The highest BCUT2D eigenvalue weighted by atomic mass is 32.2. The first-order valence-corrected chi connectivity index (χ1v) is 13.9. The van der Waals surface area contributed by atoms with E-state index in [-0.39, 0.29) is 48.8 Å². The number of amides is 1. The monoisotopic (exact) mass is 457 g/mol. The lowest BCUT2D eigenvalue weighted by molar-refractivity contribution is -0.134. The van der Waals surface area contributed by atoms with Gasteiger partial charge in [-0.2, -0.15) is 4.31 Å². The first-order valence-electron chi connectivity index (χ1n) is 10.4. The number of sulfonamides is 1. The minimum Gasteiger partial charge on any atom is -0.339 e. The first-order chi connectivity index (χ1) is 14.2. The molecular formula is C20H31N3O5S2. The van der Waals surface area contributed by atoms with Crippen molar-refractivity contribution in [1.29, 1.82) is 0 Å². The van der Waals surface area contributed by atoms with Crippen LogP contribution < -0.4 is 0 Å². The van der Waals surface area contributed by atoms with Crippen LogP contribution in [0.5, 0.6) is 0 Å². The van der Waals surface area contributed by atoms with E-state index in [1.807, 2.05) is 30.0 Å². The van der Waals surface area contributed by atoms with Crippen LogP contribution in [0, 0.1) is 0 Å². The SMILES string of the molecule is CCCN(CC(=O)N1CCN(S(=O)(=O)Cc2ccccc2)CC1)C1CCS(=O)(=O)C1. The zero-order valence-corrected chi connectivity index (χ0v) is 19.1. The molecule has 1 aromatic rings.